The summed E-state index contributed by atoms with van der Waals surface area (Å²) in [6.45, 7) is 0. The van der Waals surface area contributed by atoms with E-state index in [0.29, 0.717) is 16.3 Å². The lowest BCUT2D eigenvalue weighted by atomic mass is 10.1. The third-order valence-electron chi connectivity index (χ3n) is 4.13. The number of carbonyl (C=O) groups is 3. The fraction of sp³-hybridized carbons (Fsp3) is 0.0476. The molecule has 170 valence electrons. The molecule has 3 N–H and O–H groups in total. The molecule has 0 spiro atoms. The summed E-state index contributed by atoms with van der Waals surface area (Å²) in [5, 5.41) is 13.6. The van der Waals surface area contributed by atoms with Gasteiger partial charge in [0.15, 0.2) is 0 Å². The van der Waals surface area contributed by atoms with Gasteiger partial charge in [-0.05, 0) is 30.3 Å². The van der Waals surface area contributed by atoms with E-state index >= 15 is 0 Å². The highest BCUT2D eigenvalue weighted by molar-refractivity contribution is 8.00. The molecule has 1 aromatic heterocycles. The number of halogens is 4. The van der Waals surface area contributed by atoms with Gasteiger partial charge in [0, 0.05) is 28.7 Å². The van der Waals surface area contributed by atoms with Crippen LogP contribution in [0.2, 0.25) is 20.1 Å². The molecule has 7 nitrogen and oxygen atoms in total. The van der Waals surface area contributed by atoms with Gasteiger partial charge < -0.3 is 15.7 Å². The number of aromatic carboxylic acids is 1. The van der Waals surface area contributed by atoms with Crippen molar-refractivity contribution >= 4 is 87.3 Å². The number of benzene rings is 2. The number of carbonyl (C=O) groups excluding carboxylic acids is 2. The molecule has 1 heterocycles. The molecule has 0 aliphatic rings. The monoisotopic (exact) mass is 543 g/mol. The smallest absolute Gasteiger partial charge is 0.338 e. The van der Waals surface area contributed by atoms with Crippen LogP contribution in [0, 0.1) is 0 Å². The highest BCUT2D eigenvalue weighted by Gasteiger charge is 2.29. The van der Waals surface area contributed by atoms with Gasteiger partial charge in [0.2, 0.25) is 5.91 Å². The average Bonchev–Trinajstić information content (AvgIpc) is 2.79. The van der Waals surface area contributed by atoms with E-state index in [0.717, 1.165) is 0 Å². The fourth-order valence-corrected chi connectivity index (χ4v) is 4.46. The summed E-state index contributed by atoms with van der Waals surface area (Å²) in [7, 11) is 0. The van der Waals surface area contributed by atoms with E-state index in [4.69, 9.17) is 46.4 Å². The van der Waals surface area contributed by atoms with Crippen molar-refractivity contribution < 1.29 is 19.5 Å². The predicted octanol–water partition coefficient (Wildman–Crippen LogP) is 6.38. The number of nitrogens with zero attached hydrogens (tertiary/aromatic N) is 1. The van der Waals surface area contributed by atoms with Crippen LogP contribution in [0.5, 0.6) is 0 Å². The van der Waals surface area contributed by atoms with Crippen LogP contribution in [-0.2, 0) is 4.79 Å². The van der Waals surface area contributed by atoms with Crippen molar-refractivity contribution in [1.29, 1.82) is 0 Å². The quantitative estimate of drug-likeness (QED) is 0.181. The SMILES string of the molecule is O=C(CSc1cccc(NC(=O)c2c(Cl)c(Cl)c(Cl)c(Cl)c2C(=O)O)c1)Nc1ccncc1. The topological polar surface area (TPSA) is 108 Å². The molecule has 0 aliphatic carbocycles. The van der Waals surface area contributed by atoms with Gasteiger partial charge in [0.05, 0.1) is 37.0 Å². The summed E-state index contributed by atoms with van der Waals surface area (Å²) in [6, 6.07) is 9.98. The molecule has 0 saturated carbocycles. The van der Waals surface area contributed by atoms with Crippen LogP contribution in [0.15, 0.2) is 53.7 Å². The van der Waals surface area contributed by atoms with Gasteiger partial charge in [0.25, 0.3) is 5.91 Å². The molecule has 0 unspecified atom stereocenters. The second kappa shape index (κ2) is 11.1. The van der Waals surface area contributed by atoms with E-state index in [9.17, 15) is 19.5 Å². The maximum atomic E-state index is 12.9. The summed E-state index contributed by atoms with van der Waals surface area (Å²) < 4.78 is 0. The van der Waals surface area contributed by atoms with E-state index in [-0.39, 0.29) is 26.7 Å². The summed E-state index contributed by atoms with van der Waals surface area (Å²) in [5.74, 6) is -2.42. The van der Waals surface area contributed by atoms with Gasteiger partial charge >= 0.3 is 5.97 Å². The number of amides is 2. The summed E-state index contributed by atoms with van der Waals surface area (Å²) in [4.78, 5) is 41.2. The van der Waals surface area contributed by atoms with E-state index in [1.165, 1.54) is 11.8 Å². The highest BCUT2D eigenvalue weighted by atomic mass is 35.5. The van der Waals surface area contributed by atoms with Gasteiger partial charge in [-0.15, -0.1) is 11.8 Å². The minimum absolute atomic E-state index is 0.122. The zero-order valence-corrected chi connectivity index (χ0v) is 20.2. The van der Waals surface area contributed by atoms with Gasteiger partial charge in [0.1, 0.15) is 0 Å². The molecule has 0 radical (unpaired) electrons. The Kier molecular flexibility index (Phi) is 8.45. The van der Waals surface area contributed by atoms with E-state index in [1.807, 2.05) is 0 Å². The molecule has 3 rings (SSSR count). The Hall–Kier alpha value is -2.49. The van der Waals surface area contributed by atoms with Crippen LogP contribution in [-0.4, -0.2) is 33.6 Å². The molecular formula is C21H13Cl4N3O4S. The molecule has 0 saturated heterocycles. The second-order valence-electron chi connectivity index (χ2n) is 6.37. The van der Waals surface area contributed by atoms with Gasteiger partial charge in [-0.3, -0.25) is 14.6 Å². The van der Waals surface area contributed by atoms with E-state index in [1.54, 1.807) is 48.8 Å². The maximum absolute atomic E-state index is 12.9. The molecule has 0 aliphatic heterocycles. The maximum Gasteiger partial charge on any atom is 0.338 e. The number of anilines is 2. The van der Waals surface area contributed by atoms with Crippen molar-refractivity contribution in [3.05, 3.63) is 80.0 Å². The Labute approximate surface area is 212 Å². The normalized spacial score (nSPS) is 10.5. The zero-order chi connectivity index (χ0) is 24.1. The molecule has 0 bridgehead atoms. The van der Waals surface area contributed by atoms with Crippen molar-refractivity contribution in [2.45, 2.75) is 4.90 Å². The van der Waals surface area contributed by atoms with Gasteiger partial charge in [-0.1, -0.05) is 52.5 Å². The Morgan fingerprint density at radius 1 is 0.848 bits per heavy atom. The third kappa shape index (κ3) is 6.10. The molecule has 2 amide bonds. The summed E-state index contributed by atoms with van der Waals surface area (Å²) in [6.07, 6.45) is 3.13. The first kappa shape index (κ1) is 25.1. The number of hydrogen-bond donors (Lipinski definition) is 3. The van der Waals surface area contributed by atoms with Crippen LogP contribution < -0.4 is 10.6 Å². The van der Waals surface area contributed by atoms with Crippen LogP contribution in [0.3, 0.4) is 0 Å². The second-order valence-corrected chi connectivity index (χ2v) is 8.93. The number of carboxylic acid groups (broad SMARTS) is 1. The Morgan fingerprint density at radius 3 is 2.12 bits per heavy atom. The molecule has 12 heteroatoms. The minimum Gasteiger partial charge on any atom is -0.478 e. The highest BCUT2D eigenvalue weighted by Crippen LogP contribution is 2.41. The van der Waals surface area contributed by atoms with Crippen molar-refractivity contribution in [3.8, 4) is 0 Å². The summed E-state index contributed by atoms with van der Waals surface area (Å²) in [5.41, 5.74) is -0.0117. The third-order valence-corrected chi connectivity index (χ3v) is 6.93. The van der Waals surface area contributed by atoms with Crippen LogP contribution in [0.4, 0.5) is 11.4 Å². The minimum atomic E-state index is -1.49. The van der Waals surface area contributed by atoms with Crippen LogP contribution in [0.1, 0.15) is 20.7 Å². The number of hydrogen-bond acceptors (Lipinski definition) is 5. The summed E-state index contributed by atoms with van der Waals surface area (Å²) >= 11 is 25.3. The lowest BCUT2D eigenvalue weighted by Crippen LogP contribution is -2.18. The van der Waals surface area contributed by atoms with E-state index in [2.05, 4.69) is 15.6 Å². The number of nitrogens with one attached hydrogen (secondary N) is 2. The van der Waals surface area contributed by atoms with E-state index < -0.39 is 28.0 Å². The largest absolute Gasteiger partial charge is 0.478 e. The first-order chi connectivity index (χ1) is 15.7. The molecule has 2 aromatic carbocycles. The lowest BCUT2D eigenvalue weighted by Gasteiger charge is -2.14. The number of pyridine rings is 1. The Balaban J connectivity index is 1.75. The molecule has 33 heavy (non-hydrogen) atoms. The lowest BCUT2D eigenvalue weighted by molar-refractivity contribution is -0.113. The number of aromatic nitrogens is 1. The van der Waals surface area contributed by atoms with Gasteiger partial charge in [-0.25, -0.2) is 4.79 Å². The van der Waals surface area contributed by atoms with Crippen molar-refractivity contribution in [2.75, 3.05) is 16.4 Å². The van der Waals surface area contributed by atoms with Gasteiger partial charge in [-0.2, -0.15) is 0 Å². The standard InChI is InChI=1S/C21H13Cl4N3O4S/c22-16-14(15(21(31)32)17(23)19(25)18(16)24)20(30)28-11-2-1-3-12(8-11)33-9-13(29)27-10-4-6-26-7-5-10/h1-8H,9H2,(H,28,30)(H,31,32)(H,26,27,29). The first-order valence-electron chi connectivity index (χ1n) is 9.02. The first-order valence-corrected chi connectivity index (χ1v) is 11.5. The van der Waals surface area contributed by atoms with Crippen molar-refractivity contribution in [2.24, 2.45) is 0 Å². The van der Waals surface area contributed by atoms with Crippen LogP contribution >= 0.6 is 58.2 Å². The molecular weight excluding hydrogens is 532 g/mol. The molecule has 0 atom stereocenters. The molecule has 0 fully saturated rings. The fourth-order valence-electron chi connectivity index (χ4n) is 2.68. The zero-order valence-electron chi connectivity index (χ0n) is 16.4. The van der Waals surface area contributed by atoms with Crippen molar-refractivity contribution in [1.82, 2.24) is 4.98 Å². The van der Waals surface area contributed by atoms with Crippen LogP contribution in [0.25, 0.3) is 0 Å². The predicted molar refractivity (Wildman–Crippen MR) is 131 cm³/mol. The molecule has 3 aromatic rings. The Bertz CT molecular complexity index is 1240. The number of thioether (sulfide) groups is 1. The number of carboxylic acids is 1. The van der Waals surface area contributed by atoms with Crippen molar-refractivity contribution in [3.63, 3.8) is 0 Å². The Morgan fingerprint density at radius 2 is 1.48 bits per heavy atom. The average molecular weight is 545 g/mol. The number of rotatable bonds is 7.